The molecular weight excluding hydrogens is 688 g/mol. The van der Waals surface area contributed by atoms with Gasteiger partial charge in [0.25, 0.3) is 0 Å². The smallest absolute Gasteiger partial charge is 0.322 e. The number of primary amides is 1. The lowest BCUT2D eigenvalue weighted by atomic mass is 10.0. The summed E-state index contributed by atoms with van der Waals surface area (Å²) >= 11 is 0. The van der Waals surface area contributed by atoms with E-state index in [1.807, 2.05) is 0 Å². The molecule has 0 saturated carbocycles. The van der Waals surface area contributed by atoms with Crippen molar-refractivity contribution in [1.29, 1.82) is 0 Å². The largest absolute Gasteiger partial charge is 0.481 e. The number of unbranched alkanes of at least 4 members (excludes halogenated alkanes) is 2. The number of nitrogens with two attached hydrogens (primary N) is 6. The van der Waals surface area contributed by atoms with Crippen LogP contribution in [0.1, 0.15) is 77.0 Å². The lowest BCUT2D eigenvalue weighted by Gasteiger charge is -2.27. The average Bonchev–Trinajstić information content (AvgIpc) is 3.07. The first-order chi connectivity index (χ1) is 24.5. The molecule has 6 amide bonds. The number of rotatable bonds is 29. The number of carbonyl (C=O) groups excluding carboxylic acids is 6. The van der Waals surface area contributed by atoms with E-state index >= 15 is 0 Å². The van der Waals surface area contributed by atoms with Crippen LogP contribution in [0.4, 0.5) is 0 Å². The molecule has 0 fully saturated rings. The molecule has 0 aliphatic heterocycles. The summed E-state index contributed by atoms with van der Waals surface area (Å²) in [5.74, 6) is -7.64. The zero-order valence-electron chi connectivity index (χ0n) is 29.3. The Labute approximate surface area is 301 Å². The van der Waals surface area contributed by atoms with Crippen LogP contribution in [0.25, 0.3) is 0 Å². The number of nitrogens with zero attached hydrogens (tertiary/aromatic N) is 1. The number of hydrogen-bond acceptors (Lipinski definition) is 12. The number of amides is 6. The van der Waals surface area contributed by atoms with E-state index in [0.717, 1.165) is 0 Å². The lowest BCUT2D eigenvalue weighted by Crippen LogP contribution is -2.59. The van der Waals surface area contributed by atoms with Crippen molar-refractivity contribution < 1.29 is 48.6 Å². The molecule has 0 rings (SSSR count). The van der Waals surface area contributed by atoms with Crippen LogP contribution in [0, 0.1) is 0 Å². The molecule has 22 nitrogen and oxygen atoms in total. The first-order valence-electron chi connectivity index (χ1n) is 16.9. The molecule has 5 atom stereocenters. The SMILES string of the molecule is NCCCC[C@H](NC(=O)[C@H](CCC(N)=O)NC(=O)[C@H](CCCCN)NC(=O)[C@H](CCCN=C(N)N)NC(=O)[C@@H](N)CCC(=O)O)C(=O)NCC(=O)O. The molecule has 0 aromatic rings. The highest BCUT2D eigenvalue weighted by Gasteiger charge is 2.32. The van der Waals surface area contributed by atoms with Crippen LogP contribution in [-0.2, 0) is 38.4 Å². The first-order valence-corrected chi connectivity index (χ1v) is 16.9. The number of hydrogen-bond donors (Lipinski definition) is 13. The van der Waals surface area contributed by atoms with Crippen molar-refractivity contribution in [3.63, 3.8) is 0 Å². The summed E-state index contributed by atoms with van der Waals surface area (Å²) < 4.78 is 0. The fraction of sp³-hybridized carbons (Fsp3) is 0.700. The van der Waals surface area contributed by atoms with Crippen LogP contribution < -0.4 is 61.0 Å². The average molecular weight is 745 g/mol. The third-order valence-electron chi connectivity index (χ3n) is 7.47. The molecule has 0 aliphatic carbocycles. The summed E-state index contributed by atoms with van der Waals surface area (Å²) in [6.07, 6.45) is 0.742. The molecule has 22 heteroatoms. The van der Waals surface area contributed by atoms with Crippen molar-refractivity contribution in [3.05, 3.63) is 0 Å². The Hall–Kier alpha value is -5.09. The van der Waals surface area contributed by atoms with E-state index in [1.54, 1.807) is 0 Å². The predicted octanol–water partition coefficient (Wildman–Crippen LogP) is -5.10. The van der Waals surface area contributed by atoms with Gasteiger partial charge >= 0.3 is 11.9 Å². The van der Waals surface area contributed by atoms with E-state index in [-0.39, 0.29) is 64.0 Å². The van der Waals surface area contributed by atoms with Crippen LogP contribution in [0.2, 0.25) is 0 Å². The van der Waals surface area contributed by atoms with E-state index in [1.165, 1.54) is 0 Å². The number of aliphatic carboxylic acids is 2. The summed E-state index contributed by atoms with van der Waals surface area (Å²) in [7, 11) is 0. The number of guanidine groups is 1. The molecule has 0 saturated heterocycles. The minimum Gasteiger partial charge on any atom is -0.481 e. The van der Waals surface area contributed by atoms with Gasteiger partial charge in [0.05, 0.1) is 6.04 Å². The van der Waals surface area contributed by atoms with Gasteiger partial charge in [0.2, 0.25) is 35.4 Å². The van der Waals surface area contributed by atoms with Crippen LogP contribution >= 0.6 is 0 Å². The third-order valence-corrected chi connectivity index (χ3v) is 7.47. The molecule has 0 aliphatic rings. The summed E-state index contributed by atoms with van der Waals surface area (Å²) in [6, 6.07) is -6.46. The quantitative estimate of drug-likeness (QED) is 0.0194. The van der Waals surface area contributed by atoms with Gasteiger partial charge in [0.15, 0.2) is 5.96 Å². The number of nitrogens with one attached hydrogen (secondary N) is 5. The Bertz CT molecular complexity index is 1230. The normalized spacial score (nSPS) is 13.6. The Morgan fingerprint density at radius 2 is 0.981 bits per heavy atom. The van der Waals surface area contributed by atoms with Crippen molar-refractivity contribution in [2.45, 2.75) is 107 Å². The third kappa shape index (κ3) is 21.9. The highest BCUT2D eigenvalue weighted by atomic mass is 16.4. The molecule has 0 aromatic carbocycles. The van der Waals surface area contributed by atoms with E-state index in [2.05, 4.69) is 31.6 Å². The van der Waals surface area contributed by atoms with Gasteiger partial charge in [-0.05, 0) is 77.3 Å². The Balaban J connectivity index is 6.22. The van der Waals surface area contributed by atoms with Gasteiger partial charge < -0.3 is 71.2 Å². The van der Waals surface area contributed by atoms with Crippen molar-refractivity contribution in [2.75, 3.05) is 26.2 Å². The minimum absolute atomic E-state index is 0.0176. The van der Waals surface area contributed by atoms with Crippen molar-refractivity contribution >= 4 is 53.3 Å². The number of carbonyl (C=O) groups is 8. The maximum Gasteiger partial charge on any atom is 0.322 e. The van der Waals surface area contributed by atoms with Crippen molar-refractivity contribution in [3.8, 4) is 0 Å². The van der Waals surface area contributed by atoms with Gasteiger partial charge in [-0.3, -0.25) is 43.3 Å². The molecule has 0 unspecified atom stereocenters. The zero-order chi connectivity index (χ0) is 39.6. The molecule has 52 heavy (non-hydrogen) atoms. The molecule has 0 spiro atoms. The van der Waals surface area contributed by atoms with Gasteiger partial charge in [-0.2, -0.15) is 0 Å². The van der Waals surface area contributed by atoms with Crippen LogP contribution in [0.15, 0.2) is 4.99 Å². The molecular formula is C30H56N12O10. The number of carboxylic acids is 2. The Kier molecular flexibility index (Phi) is 24.1. The highest BCUT2D eigenvalue weighted by molar-refractivity contribution is 5.96. The summed E-state index contributed by atoms with van der Waals surface area (Å²) in [5.41, 5.74) is 33.0. The lowest BCUT2D eigenvalue weighted by molar-refractivity contribution is -0.139. The second-order valence-electron chi connectivity index (χ2n) is 11.9. The van der Waals surface area contributed by atoms with E-state index < -0.39 is 90.6 Å². The molecule has 0 aromatic heterocycles. The van der Waals surface area contributed by atoms with Gasteiger partial charge in [-0.1, -0.05) is 0 Å². The fourth-order valence-corrected chi connectivity index (χ4v) is 4.64. The van der Waals surface area contributed by atoms with Crippen LogP contribution in [-0.4, -0.2) is 120 Å². The minimum atomic E-state index is -1.43. The van der Waals surface area contributed by atoms with Gasteiger partial charge in [0.1, 0.15) is 30.7 Å². The summed E-state index contributed by atoms with van der Waals surface area (Å²) in [5, 5.41) is 30.1. The van der Waals surface area contributed by atoms with Crippen LogP contribution in [0.5, 0.6) is 0 Å². The standard InChI is InChI=1S/C30H56N12O10/c31-13-3-1-6-18(26(49)38-16-24(46)47)40-29(52)21(10-11-22(34)43)42-27(50)19(7-2-4-14-32)41-28(51)20(8-5-15-37-30(35)36)39-25(48)17(33)9-12-23(44)45/h17-21H,1-16,31-33H2,(H2,34,43)(H,38,49)(H,39,48)(H,40,52)(H,41,51)(H,42,50)(H,44,45)(H,46,47)(H4,35,36,37)/t17-,18-,19-,20-,21-/m0/s1. The first kappa shape index (κ1) is 46.9. The maximum absolute atomic E-state index is 13.7. The topological polar surface area (TPSA) is 406 Å². The maximum atomic E-state index is 13.7. The van der Waals surface area contributed by atoms with E-state index in [0.29, 0.717) is 32.2 Å². The predicted molar refractivity (Wildman–Crippen MR) is 187 cm³/mol. The van der Waals surface area contributed by atoms with Gasteiger partial charge in [-0.25, -0.2) is 0 Å². The molecule has 296 valence electrons. The fourth-order valence-electron chi connectivity index (χ4n) is 4.64. The Morgan fingerprint density at radius 3 is 1.40 bits per heavy atom. The summed E-state index contributed by atoms with van der Waals surface area (Å²) in [4.78, 5) is 104. The molecule has 19 N–H and O–H groups in total. The molecule has 0 bridgehead atoms. The number of aliphatic imine (C=N–C) groups is 1. The van der Waals surface area contributed by atoms with Crippen molar-refractivity contribution in [1.82, 2.24) is 26.6 Å². The highest BCUT2D eigenvalue weighted by Crippen LogP contribution is 2.09. The molecule has 0 heterocycles. The van der Waals surface area contributed by atoms with Crippen molar-refractivity contribution in [2.24, 2.45) is 39.4 Å². The zero-order valence-corrected chi connectivity index (χ0v) is 29.3. The second kappa shape index (κ2) is 26.7. The van der Waals surface area contributed by atoms with E-state index in [4.69, 9.17) is 44.6 Å². The van der Waals surface area contributed by atoms with E-state index in [9.17, 15) is 38.4 Å². The Morgan fingerprint density at radius 1 is 0.538 bits per heavy atom. The summed E-state index contributed by atoms with van der Waals surface area (Å²) in [6.45, 7) is -0.0623. The number of carboxylic acid groups (broad SMARTS) is 2. The monoisotopic (exact) mass is 744 g/mol. The van der Waals surface area contributed by atoms with Crippen LogP contribution in [0.3, 0.4) is 0 Å². The molecule has 0 radical (unpaired) electrons. The van der Waals surface area contributed by atoms with Gasteiger partial charge in [0, 0.05) is 19.4 Å². The van der Waals surface area contributed by atoms with Gasteiger partial charge in [-0.15, -0.1) is 0 Å². The second-order valence-corrected chi connectivity index (χ2v) is 11.9.